The molecule has 0 aromatic heterocycles. The highest BCUT2D eigenvalue weighted by Crippen LogP contribution is 2.28. The molecule has 1 aromatic carbocycles. The van der Waals surface area contributed by atoms with Crippen LogP contribution in [-0.4, -0.2) is 16.9 Å². The van der Waals surface area contributed by atoms with Gasteiger partial charge in [-0.15, -0.1) is 11.8 Å². The normalized spacial score (nSPS) is 19.8. The summed E-state index contributed by atoms with van der Waals surface area (Å²) in [6.45, 7) is 0. The standard InChI is InChI=1S/C11H11F2NOS/c12-7-3-1-4-8(13)10(7)14-11(15)9-5-2-6-16-9/h1,3-4,9H,2,5-6H2,(H,14,15). The first-order chi connectivity index (χ1) is 7.68. The van der Waals surface area contributed by atoms with E-state index in [-0.39, 0.29) is 16.8 Å². The van der Waals surface area contributed by atoms with E-state index < -0.39 is 11.6 Å². The van der Waals surface area contributed by atoms with Crippen molar-refractivity contribution < 1.29 is 13.6 Å². The van der Waals surface area contributed by atoms with Gasteiger partial charge in [-0.3, -0.25) is 4.79 Å². The van der Waals surface area contributed by atoms with E-state index in [1.807, 2.05) is 0 Å². The van der Waals surface area contributed by atoms with Crippen molar-refractivity contribution in [3.05, 3.63) is 29.8 Å². The highest BCUT2D eigenvalue weighted by molar-refractivity contribution is 8.00. The van der Waals surface area contributed by atoms with Crippen LogP contribution >= 0.6 is 11.8 Å². The Labute approximate surface area is 96.4 Å². The molecule has 1 N–H and O–H groups in total. The number of para-hydroxylation sites is 1. The molecular weight excluding hydrogens is 232 g/mol. The minimum absolute atomic E-state index is 0.181. The number of carbonyl (C=O) groups is 1. The second-order valence-electron chi connectivity index (χ2n) is 3.59. The van der Waals surface area contributed by atoms with E-state index in [1.165, 1.54) is 17.8 Å². The van der Waals surface area contributed by atoms with Crippen molar-refractivity contribution >= 4 is 23.4 Å². The zero-order chi connectivity index (χ0) is 11.5. The molecule has 0 aliphatic carbocycles. The van der Waals surface area contributed by atoms with Crippen molar-refractivity contribution in [1.29, 1.82) is 0 Å². The molecule has 0 spiro atoms. The quantitative estimate of drug-likeness (QED) is 0.865. The third kappa shape index (κ3) is 2.35. The molecule has 1 aliphatic heterocycles. The van der Waals surface area contributed by atoms with Gasteiger partial charge in [0.15, 0.2) is 0 Å². The van der Waals surface area contributed by atoms with Crippen LogP contribution in [0.1, 0.15) is 12.8 Å². The van der Waals surface area contributed by atoms with Gasteiger partial charge in [-0.2, -0.15) is 0 Å². The molecule has 0 radical (unpaired) electrons. The molecule has 1 atom stereocenters. The van der Waals surface area contributed by atoms with Crippen molar-refractivity contribution in [3.63, 3.8) is 0 Å². The average molecular weight is 243 g/mol. The molecule has 1 saturated heterocycles. The van der Waals surface area contributed by atoms with E-state index in [2.05, 4.69) is 5.32 Å². The molecule has 0 saturated carbocycles. The second-order valence-corrected chi connectivity index (χ2v) is 4.90. The average Bonchev–Trinajstić information content (AvgIpc) is 2.76. The van der Waals surface area contributed by atoms with E-state index in [0.29, 0.717) is 0 Å². The molecule has 2 rings (SSSR count). The van der Waals surface area contributed by atoms with Crippen LogP contribution in [0.4, 0.5) is 14.5 Å². The molecule has 5 heteroatoms. The number of rotatable bonds is 2. The molecule has 1 fully saturated rings. The van der Waals surface area contributed by atoms with Crippen molar-refractivity contribution in [2.24, 2.45) is 0 Å². The number of benzene rings is 1. The van der Waals surface area contributed by atoms with Crippen molar-refractivity contribution in [2.75, 3.05) is 11.1 Å². The van der Waals surface area contributed by atoms with E-state index >= 15 is 0 Å². The maximum absolute atomic E-state index is 13.2. The fourth-order valence-corrected chi connectivity index (χ4v) is 2.77. The molecular formula is C11H11F2NOS. The Morgan fingerprint density at radius 2 is 2.06 bits per heavy atom. The van der Waals surface area contributed by atoms with E-state index in [9.17, 15) is 13.6 Å². The lowest BCUT2D eigenvalue weighted by atomic mass is 10.2. The summed E-state index contributed by atoms with van der Waals surface area (Å²) in [7, 11) is 0. The number of anilines is 1. The first kappa shape index (κ1) is 11.4. The summed E-state index contributed by atoms with van der Waals surface area (Å²) in [5.74, 6) is -0.864. The molecule has 1 aliphatic rings. The number of amides is 1. The summed E-state index contributed by atoms with van der Waals surface area (Å²) in [6, 6.07) is 3.52. The van der Waals surface area contributed by atoms with Crippen molar-refractivity contribution in [1.82, 2.24) is 0 Å². The van der Waals surface area contributed by atoms with Crippen LogP contribution in [0.5, 0.6) is 0 Å². The number of hydrogen-bond donors (Lipinski definition) is 1. The zero-order valence-electron chi connectivity index (χ0n) is 8.50. The lowest BCUT2D eigenvalue weighted by molar-refractivity contribution is -0.115. The molecule has 1 aromatic rings. The largest absolute Gasteiger partial charge is 0.320 e. The fraction of sp³-hybridized carbons (Fsp3) is 0.364. The predicted molar refractivity (Wildman–Crippen MR) is 60.5 cm³/mol. The van der Waals surface area contributed by atoms with Crippen LogP contribution in [0.15, 0.2) is 18.2 Å². The Kier molecular flexibility index (Phi) is 3.43. The highest BCUT2D eigenvalue weighted by atomic mass is 32.2. The van der Waals surface area contributed by atoms with Crippen LogP contribution in [-0.2, 0) is 4.79 Å². The number of hydrogen-bond acceptors (Lipinski definition) is 2. The Balaban J connectivity index is 2.11. The molecule has 1 heterocycles. The fourth-order valence-electron chi connectivity index (χ4n) is 1.61. The SMILES string of the molecule is O=C(Nc1c(F)cccc1F)C1CCCS1. The van der Waals surface area contributed by atoms with Crippen LogP contribution < -0.4 is 5.32 Å². The second kappa shape index (κ2) is 4.82. The van der Waals surface area contributed by atoms with Gasteiger partial charge in [-0.25, -0.2) is 8.78 Å². The minimum Gasteiger partial charge on any atom is -0.320 e. The van der Waals surface area contributed by atoms with Crippen molar-refractivity contribution in [2.45, 2.75) is 18.1 Å². The van der Waals surface area contributed by atoms with Gasteiger partial charge >= 0.3 is 0 Å². The van der Waals surface area contributed by atoms with Gasteiger partial charge in [0.2, 0.25) is 5.91 Å². The lowest BCUT2D eigenvalue weighted by Gasteiger charge is -2.11. The predicted octanol–water partition coefficient (Wildman–Crippen LogP) is 2.80. The molecule has 0 bridgehead atoms. The summed E-state index contributed by atoms with van der Waals surface area (Å²) < 4.78 is 26.5. The van der Waals surface area contributed by atoms with Crippen LogP contribution in [0.25, 0.3) is 0 Å². The summed E-state index contributed by atoms with van der Waals surface area (Å²) in [5, 5.41) is 2.13. The molecule has 2 nitrogen and oxygen atoms in total. The molecule has 86 valence electrons. The summed E-state index contributed by atoms with van der Waals surface area (Å²) in [6.07, 6.45) is 1.75. The van der Waals surface area contributed by atoms with Gasteiger partial charge in [-0.05, 0) is 30.7 Å². The van der Waals surface area contributed by atoms with Crippen LogP contribution in [0, 0.1) is 11.6 Å². The maximum atomic E-state index is 13.2. The van der Waals surface area contributed by atoms with Crippen molar-refractivity contribution in [3.8, 4) is 0 Å². The van der Waals surface area contributed by atoms with Gasteiger partial charge in [0, 0.05) is 0 Å². The first-order valence-corrected chi connectivity index (χ1v) is 6.10. The Bertz CT molecular complexity index is 385. The number of thioether (sulfide) groups is 1. The summed E-state index contributed by atoms with van der Waals surface area (Å²) in [5.41, 5.74) is -0.347. The van der Waals surface area contributed by atoms with Crippen LogP contribution in [0.2, 0.25) is 0 Å². The van der Waals surface area contributed by atoms with E-state index in [4.69, 9.17) is 0 Å². The number of halogens is 2. The van der Waals surface area contributed by atoms with Crippen LogP contribution in [0.3, 0.4) is 0 Å². The molecule has 16 heavy (non-hydrogen) atoms. The molecule has 1 unspecified atom stereocenters. The summed E-state index contributed by atoms with van der Waals surface area (Å²) >= 11 is 1.52. The van der Waals surface area contributed by atoms with Gasteiger partial charge in [0.25, 0.3) is 0 Å². The first-order valence-electron chi connectivity index (χ1n) is 5.05. The number of carbonyl (C=O) groups excluding carboxylic acids is 1. The highest BCUT2D eigenvalue weighted by Gasteiger charge is 2.24. The smallest absolute Gasteiger partial charge is 0.237 e. The summed E-state index contributed by atoms with van der Waals surface area (Å²) in [4.78, 5) is 11.7. The monoisotopic (exact) mass is 243 g/mol. The third-order valence-electron chi connectivity index (χ3n) is 2.43. The Morgan fingerprint density at radius 1 is 1.38 bits per heavy atom. The van der Waals surface area contributed by atoms with Gasteiger partial charge in [0.05, 0.1) is 5.25 Å². The van der Waals surface area contributed by atoms with E-state index in [1.54, 1.807) is 0 Å². The van der Waals surface area contributed by atoms with Gasteiger partial charge in [0.1, 0.15) is 17.3 Å². The molecule has 1 amide bonds. The van der Waals surface area contributed by atoms with Gasteiger partial charge in [-0.1, -0.05) is 6.07 Å². The zero-order valence-corrected chi connectivity index (χ0v) is 9.32. The Morgan fingerprint density at radius 3 is 2.62 bits per heavy atom. The number of nitrogens with one attached hydrogen (secondary N) is 1. The topological polar surface area (TPSA) is 29.1 Å². The lowest BCUT2D eigenvalue weighted by Crippen LogP contribution is -2.24. The minimum atomic E-state index is -0.739. The maximum Gasteiger partial charge on any atom is 0.237 e. The third-order valence-corrected chi connectivity index (χ3v) is 3.81. The van der Waals surface area contributed by atoms with E-state index in [0.717, 1.165) is 30.7 Å². The Hall–Kier alpha value is -1.10. The van der Waals surface area contributed by atoms with Gasteiger partial charge < -0.3 is 5.32 Å².